The highest BCUT2D eigenvalue weighted by Gasteiger charge is 2.39. The van der Waals surface area contributed by atoms with Crippen LogP contribution in [0.15, 0.2) is 53.6 Å². The predicted octanol–water partition coefficient (Wildman–Crippen LogP) is 6.37. The largest absolute Gasteiger partial charge is 0.381 e. The molecule has 0 aromatic rings. The molecule has 0 aromatic heterocycles. The standard InChI is InChI=1S/C23H35NOS/c1-5-11-21(25-4)15-14-18(2)12-9-7-6-8-10-13-20-17-26-23(24-20)22-16-19(22)3/h5,7,9-10,12-13,19-22H,1,6,8,11,14-17H2,2-4H3/b9-7+,13-10-,18-12-/t19-,20+,21-,22+/m0/s1. The fourth-order valence-electron chi connectivity index (χ4n) is 3.14. The Labute approximate surface area is 164 Å². The quantitative estimate of drug-likeness (QED) is 0.225. The van der Waals surface area contributed by atoms with Gasteiger partial charge in [-0.15, -0.1) is 18.3 Å². The van der Waals surface area contributed by atoms with Gasteiger partial charge in [0.1, 0.15) is 0 Å². The SMILES string of the molecule is C=CC[C@@H](CC/C(C)=C\C=C\CC/C=C\[C@@H]1CSC([C@@H]2C[C@@H]2C)=N1)OC. The molecule has 2 aliphatic rings. The number of allylic oxidation sites excluding steroid dienone is 5. The van der Waals surface area contributed by atoms with Crippen molar-refractivity contribution in [3.8, 4) is 0 Å². The Balaban J connectivity index is 1.58. The fraction of sp³-hybridized carbons (Fsp3) is 0.609. The Morgan fingerprint density at radius 2 is 2.15 bits per heavy atom. The van der Waals surface area contributed by atoms with Crippen LogP contribution in [-0.4, -0.2) is 30.1 Å². The molecule has 0 unspecified atom stereocenters. The molecule has 0 saturated heterocycles. The van der Waals surface area contributed by atoms with Gasteiger partial charge in [0.2, 0.25) is 0 Å². The lowest BCUT2D eigenvalue weighted by atomic mass is 10.1. The summed E-state index contributed by atoms with van der Waals surface area (Å²) in [6, 6.07) is 0.415. The number of methoxy groups -OCH3 is 1. The van der Waals surface area contributed by atoms with Crippen LogP contribution in [0.1, 0.15) is 52.4 Å². The minimum Gasteiger partial charge on any atom is -0.381 e. The van der Waals surface area contributed by atoms with Crippen LogP contribution in [0.5, 0.6) is 0 Å². The molecular weight excluding hydrogens is 338 g/mol. The number of aliphatic imine (C=N–C) groups is 1. The summed E-state index contributed by atoms with van der Waals surface area (Å²) in [5, 5.41) is 1.41. The first-order chi connectivity index (χ1) is 12.6. The fourth-order valence-corrected chi connectivity index (χ4v) is 4.42. The van der Waals surface area contributed by atoms with Gasteiger partial charge in [-0.25, -0.2) is 0 Å². The van der Waals surface area contributed by atoms with Crippen molar-refractivity contribution in [1.82, 2.24) is 0 Å². The van der Waals surface area contributed by atoms with E-state index < -0.39 is 0 Å². The number of hydrogen-bond acceptors (Lipinski definition) is 3. The second-order valence-electron chi connectivity index (χ2n) is 7.53. The number of nitrogens with zero attached hydrogens (tertiary/aromatic N) is 1. The van der Waals surface area contributed by atoms with Crippen LogP contribution in [0.2, 0.25) is 0 Å². The van der Waals surface area contributed by atoms with E-state index in [-0.39, 0.29) is 0 Å². The second-order valence-corrected chi connectivity index (χ2v) is 8.57. The summed E-state index contributed by atoms with van der Waals surface area (Å²) >= 11 is 1.97. The average molecular weight is 374 g/mol. The van der Waals surface area contributed by atoms with E-state index in [9.17, 15) is 0 Å². The first-order valence-corrected chi connectivity index (χ1v) is 11.0. The van der Waals surface area contributed by atoms with Crippen molar-refractivity contribution >= 4 is 16.8 Å². The topological polar surface area (TPSA) is 21.6 Å². The van der Waals surface area contributed by atoms with E-state index in [1.807, 2.05) is 17.8 Å². The minimum atomic E-state index is 0.296. The van der Waals surface area contributed by atoms with Gasteiger partial charge in [0.05, 0.1) is 17.2 Å². The van der Waals surface area contributed by atoms with Crippen molar-refractivity contribution in [2.24, 2.45) is 16.8 Å². The van der Waals surface area contributed by atoms with Gasteiger partial charge in [0.25, 0.3) is 0 Å². The summed E-state index contributed by atoms with van der Waals surface area (Å²) in [6.45, 7) is 8.31. The summed E-state index contributed by atoms with van der Waals surface area (Å²) in [7, 11) is 1.78. The smallest absolute Gasteiger partial charge is 0.0783 e. The van der Waals surface area contributed by atoms with Crippen LogP contribution in [0.3, 0.4) is 0 Å². The molecule has 144 valence electrons. The molecule has 1 saturated carbocycles. The summed E-state index contributed by atoms with van der Waals surface area (Å²) in [6.07, 6.45) is 20.1. The zero-order chi connectivity index (χ0) is 18.8. The van der Waals surface area contributed by atoms with Gasteiger partial charge in [0.15, 0.2) is 0 Å². The molecule has 0 spiro atoms. The van der Waals surface area contributed by atoms with Crippen LogP contribution in [-0.2, 0) is 4.74 Å². The van der Waals surface area contributed by atoms with Crippen LogP contribution in [0.25, 0.3) is 0 Å². The monoisotopic (exact) mass is 373 g/mol. The summed E-state index contributed by atoms with van der Waals surface area (Å²) in [5.41, 5.74) is 1.40. The molecule has 0 N–H and O–H groups in total. The molecule has 26 heavy (non-hydrogen) atoms. The molecule has 2 nitrogen and oxygen atoms in total. The molecule has 4 atom stereocenters. The average Bonchev–Trinajstić information content (AvgIpc) is 3.18. The summed E-state index contributed by atoms with van der Waals surface area (Å²) in [4.78, 5) is 4.86. The van der Waals surface area contributed by atoms with Gasteiger partial charge >= 0.3 is 0 Å². The van der Waals surface area contributed by atoms with Crippen molar-refractivity contribution in [2.45, 2.75) is 64.5 Å². The van der Waals surface area contributed by atoms with Gasteiger partial charge in [0, 0.05) is 18.8 Å². The third kappa shape index (κ3) is 7.67. The Morgan fingerprint density at radius 1 is 1.38 bits per heavy atom. The second kappa shape index (κ2) is 11.6. The first kappa shape index (κ1) is 21.2. The summed E-state index contributed by atoms with van der Waals surface area (Å²) in [5.74, 6) is 2.79. The maximum atomic E-state index is 5.45. The Kier molecular flexibility index (Phi) is 9.49. The van der Waals surface area contributed by atoms with Gasteiger partial charge < -0.3 is 4.74 Å². The van der Waals surface area contributed by atoms with Crippen molar-refractivity contribution in [1.29, 1.82) is 0 Å². The number of ether oxygens (including phenoxy) is 1. The van der Waals surface area contributed by atoms with E-state index in [2.05, 4.69) is 50.8 Å². The van der Waals surface area contributed by atoms with Gasteiger partial charge in [-0.05, 0) is 51.4 Å². The lowest BCUT2D eigenvalue weighted by Gasteiger charge is -2.12. The molecular formula is C23H35NOS. The zero-order valence-electron chi connectivity index (χ0n) is 16.7. The van der Waals surface area contributed by atoms with E-state index in [0.29, 0.717) is 12.1 Å². The summed E-state index contributed by atoms with van der Waals surface area (Å²) < 4.78 is 5.45. The minimum absolute atomic E-state index is 0.296. The Hall–Kier alpha value is -1.06. The highest BCUT2D eigenvalue weighted by atomic mass is 32.2. The van der Waals surface area contributed by atoms with Crippen molar-refractivity contribution < 1.29 is 4.74 Å². The number of unbranched alkanes of at least 4 members (excludes halogenated alkanes) is 1. The molecule has 0 radical (unpaired) electrons. The van der Waals surface area contributed by atoms with Crippen LogP contribution < -0.4 is 0 Å². The maximum absolute atomic E-state index is 5.45. The third-order valence-electron chi connectivity index (χ3n) is 5.12. The van der Waals surface area contributed by atoms with E-state index in [0.717, 1.165) is 49.7 Å². The van der Waals surface area contributed by atoms with E-state index >= 15 is 0 Å². The van der Waals surface area contributed by atoms with Gasteiger partial charge in [-0.2, -0.15) is 0 Å². The van der Waals surface area contributed by atoms with Crippen LogP contribution >= 0.6 is 11.8 Å². The molecule has 3 heteroatoms. The van der Waals surface area contributed by atoms with Gasteiger partial charge in [-0.3, -0.25) is 4.99 Å². The van der Waals surface area contributed by atoms with Crippen molar-refractivity contribution in [3.05, 3.63) is 48.6 Å². The molecule has 1 fully saturated rings. The highest BCUT2D eigenvalue weighted by molar-refractivity contribution is 8.14. The van der Waals surface area contributed by atoms with E-state index in [1.165, 1.54) is 17.0 Å². The predicted molar refractivity (Wildman–Crippen MR) is 117 cm³/mol. The van der Waals surface area contributed by atoms with Gasteiger partial charge in [-0.1, -0.05) is 49.0 Å². The Bertz CT molecular complexity index is 561. The molecule has 1 aliphatic carbocycles. The maximum Gasteiger partial charge on any atom is 0.0783 e. The molecule has 1 heterocycles. The van der Waals surface area contributed by atoms with Crippen LogP contribution in [0, 0.1) is 11.8 Å². The van der Waals surface area contributed by atoms with E-state index in [4.69, 9.17) is 9.73 Å². The Morgan fingerprint density at radius 3 is 2.85 bits per heavy atom. The molecule has 1 aliphatic heterocycles. The number of hydrogen-bond donors (Lipinski definition) is 0. The van der Waals surface area contributed by atoms with Crippen molar-refractivity contribution in [3.63, 3.8) is 0 Å². The lowest BCUT2D eigenvalue weighted by molar-refractivity contribution is 0.0981. The zero-order valence-corrected chi connectivity index (χ0v) is 17.5. The third-order valence-corrected chi connectivity index (χ3v) is 6.33. The van der Waals surface area contributed by atoms with Crippen LogP contribution in [0.4, 0.5) is 0 Å². The highest BCUT2D eigenvalue weighted by Crippen LogP contribution is 2.44. The van der Waals surface area contributed by atoms with E-state index in [1.54, 1.807) is 7.11 Å². The molecule has 0 aromatic carbocycles. The molecule has 0 amide bonds. The first-order valence-electron chi connectivity index (χ1n) is 9.97. The lowest BCUT2D eigenvalue weighted by Crippen LogP contribution is -2.08. The molecule has 2 rings (SSSR count). The van der Waals surface area contributed by atoms with Crippen molar-refractivity contribution in [2.75, 3.05) is 12.9 Å². The number of rotatable bonds is 12. The number of thioether (sulfide) groups is 1. The normalized spacial score (nSPS) is 27.3. The molecule has 0 bridgehead atoms.